The van der Waals surface area contributed by atoms with E-state index in [0.29, 0.717) is 37.2 Å². The Labute approximate surface area is 239 Å². The Morgan fingerprint density at radius 2 is 1.77 bits per heavy atom. The molecule has 216 valence electrons. The van der Waals surface area contributed by atoms with Crippen LogP contribution in [0, 0.1) is 0 Å². The number of amides is 1. The Morgan fingerprint density at radius 1 is 1.12 bits per heavy atom. The van der Waals surface area contributed by atoms with Crippen molar-refractivity contribution >= 4 is 45.3 Å². The molecule has 3 atom stereocenters. The third kappa shape index (κ3) is 8.39. The van der Waals surface area contributed by atoms with Crippen LogP contribution >= 0.6 is 11.8 Å². The van der Waals surface area contributed by atoms with Crippen molar-refractivity contribution in [3.05, 3.63) is 65.7 Å². The molecule has 2 unspecified atom stereocenters. The minimum Gasteiger partial charge on any atom is -0.480 e. The summed E-state index contributed by atoms with van der Waals surface area (Å²) in [6.07, 6.45) is 1.77. The van der Waals surface area contributed by atoms with E-state index in [1.165, 1.54) is 28.2 Å². The number of hydrogen-bond donors (Lipinski definition) is 3. The van der Waals surface area contributed by atoms with E-state index in [-0.39, 0.29) is 29.3 Å². The Kier molecular flexibility index (Phi) is 11.3. The van der Waals surface area contributed by atoms with Crippen molar-refractivity contribution in [2.24, 2.45) is 10.7 Å². The van der Waals surface area contributed by atoms with Crippen LogP contribution in [0.1, 0.15) is 44.2 Å². The molecule has 1 aliphatic heterocycles. The number of nitrogens with two attached hydrogens (primary N) is 1. The molecule has 2 aromatic carbocycles. The summed E-state index contributed by atoms with van der Waals surface area (Å²) in [6.45, 7) is 4.05. The Morgan fingerprint density at radius 3 is 2.38 bits per heavy atom. The minimum atomic E-state index is -3.97. The lowest BCUT2D eigenvalue weighted by molar-refractivity contribution is -0.142. The van der Waals surface area contributed by atoms with Gasteiger partial charge in [0, 0.05) is 31.6 Å². The fourth-order valence-electron chi connectivity index (χ4n) is 4.42. The van der Waals surface area contributed by atoms with Crippen LogP contribution in [0.4, 0.5) is 0 Å². The molecule has 12 heteroatoms. The van der Waals surface area contributed by atoms with E-state index < -0.39 is 39.4 Å². The van der Waals surface area contributed by atoms with Gasteiger partial charge in [0.2, 0.25) is 15.9 Å². The van der Waals surface area contributed by atoms with Crippen LogP contribution in [-0.4, -0.2) is 71.1 Å². The Balaban J connectivity index is 1.65. The van der Waals surface area contributed by atoms with Gasteiger partial charge in [0.1, 0.15) is 17.9 Å². The van der Waals surface area contributed by atoms with Crippen LogP contribution in [0.5, 0.6) is 0 Å². The third-order valence-corrected chi connectivity index (χ3v) is 9.98. The molecule has 4 N–H and O–H groups in total. The highest BCUT2D eigenvalue weighted by atomic mass is 32.2. The van der Waals surface area contributed by atoms with E-state index in [0.717, 1.165) is 5.56 Å². The molecule has 40 heavy (non-hydrogen) atoms. The number of aliphatic imine (C=N–C) groups is 1. The number of carbonyl (C=O) groups excluding carboxylic acids is 2. The standard InChI is InChI=1S/C28H36N4O6S2/c1-3-26-32(40(37,38)23-9-5-4-6-10-23)25(18-39-26)27(34)31-24(28(35)36)17-21-13-11-20(12-14-21)16-22(33)8-7-15-30-19(2)29/h4-6,9-14,24-26H,3,7-8,15-18H2,1-2H3,(H2,29,30)(H,31,34)(H,35,36)/t24?,25-,26?/m0/s1. The number of carboxylic acid groups (broad SMARTS) is 1. The largest absolute Gasteiger partial charge is 0.480 e. The summed E-state index contributed by atoms with van der Waals surface area (Å²) in [5, 5.41) is 11.9. The van der Waals surface area contributed by atoms with Crippen molar-refractivity contribution in [3.63, 3.8) is 0 Å². The number of carboxylic acids is 1. The molecule has 10 nitrogen and oxygen atoms in total. The zero-order chi connectivity index (χ0) is 29.3. The third-order valence-electron chi connectivity index (χ3n) is 6.46. The first kappa shape index (κ1) is 31.3. The zero-order valence-corrected chi connectivity index (χ0v) is 24.3. The van der Waals surface area contributed by atoms with Crippen LogP contribution in [0.2, 0.25) is 0 Å². The highest BCUT2D eigenvalue weighted by Gasteiger charge is 2.46. The van der Waals surface area contributed by atoms with Gasteiger partial charge in [0.15, 0.2) is 0 Å². The number of Topliss-reactive ketones (excluding diaryl/α,β-unsaturated/α-hetero) is 1. The lowest BCUT2D eigenvalue weighted by Gasteiger charge is -2.28. The molecular formula is C28H36N4O6S2. The first-order chi connectivity index (χ1) is 19.0. The maximum Gasteiger partial charge on any atom is 0.326 e. The molecule has 1 aliphatic rings. The predicted octanol–water partition coefficient (Wildman–Crippen LogP) is 2.61. The van der Waals surface area contributed by atoms with Gasteiger partial charge in [-0.1, -0.05) is 49.4 Å². The van der Waals surface area contributed by atoms with Crippen molar-refractivity contribution in [2.45, 2.75) is 68.3 Å². The summed E-state index contributed by atoms with van der Waals surface area (Å²) in [5.74, 6) is -1.09. The summed E-state index contributed by atoms with van der Waals surface area (Å²) in [6, 6.07) is 12.6. The van der Waals surface area contributed by atoms with Crippen LogP contribution in [0.25, 0.3) is 0 Å². The Hall–Kier alpha value is -3.22. The van der Waals surface area contributed by atoms with Crippen LogP contribution in [0.15, 0.2) is 64.5 Å². The van der Waals surface area contributed by atoms with Crippen molar-refractivity contribution in [1.29, 1.82) is 0 Å². The lowest BCUT2D eigenvalue weighted by atomic mass is 10.0. The normalized spacial score (nSPS) is 18.8. The second-order valence-electron chi connectivity index (χ2n) is 9.62. The zero-order valence-electron chi connectivity index (χ0n) is 22.7. The lowest BCUT2D eigenvalue weighted by Crippen LogP contribution is -2.53. The van der Waals surface area contributed by atoms with Crippen LogP contribution in [-0.2, 0) is 37.2 Å². The number of nitrogens with zero attached hydrogens (tertiary/aromatic N) is 2. The van der Waals surface area contributed by atoms with Crippen LogP contribution in [0.3, 0.4) is 0 Å². The van der Waals surface area contributed by atoms with E-state index >= 15 is 0 Å². The number of sulfonamides is 1. The first-order valence-electron chi connectivity index (χ1n) is 13.1. The van der Waals surface area contributed by atoms with E-state index in [1.54, 1.807) is 49.4 Å². The summed E-state index contributed by atoms with van der Waals surface area (Å²) < 4.78 is 28.0. The smallest absolute Gasteiger partial charge is 0.326 e. The molecule has 1 saturated heterocycles. The molecular weight excluding hydrogens is 552 g/mol. The molecule has 0 spiro atoms. The second-order valence-corrected chi connectivity index (χ2v) is 12.7. The quantitative estimate of drug-likeness (QED) is 0.173. The molecule has 2 aromatic rings. The summed E-state index contributed by atoms with van der Waals surface area (Å²) >= 11 is 1.36. The number of carbonyl (C=O) groups is 3. The molecule has 0 aliphatic carbocycles. The van der Waals surface area contributed by atoms with Crippen LogP contribution < -0.4 is 11.1 Å². The van der Waals surface area contributed by atoms with Crippen molar-refractivity contribution in [3.8, 4) is 0 Å². The highest BCUT2D eigenvalue weighted by molar-refractivity contribution is 8.01. The molecule has 0 bridgehead atoms. The number of benzene rings is 2. The number of ketones is 1. The molecule has 1 heterocycles. The van der Waals surface area contributed by atoms with Gasteiger partial charge in [-0.3, -0.25) is 14.6 Å². The highest BCUT2D eigenvalue weighted by Crippen LogP contribution is 2.36. The first-order valence-corrected chi connectivity index (χ1v) is 15.6. The van der Waals surface area contributed by atoms with Crippen molar-refractivity contribution in [2.75, 3.05) is 12.3 Å². The van der Waals surface area contributed by atoms with Gasteiger partial charge in [-0.25, -0.2) is 13.2 Å². The minimum absolute atomic E-state index is 0.00818. The van der Waals surface area contributed by atoms with Gasteiger partial charge < -0.3 is 16.2 Å². The number of nitrogens with one attached hydrogen (secondary N) is 1. The monoisotopic (exact) mass is 588 g/mol. The number of amidine groups is 1. The fourth-order valence-corrected chi connectivity index (χ4v) is 7.99. The summed E-state index contributed by atoms with van der Waals surface area (Å²) in [5.41, 5.74) is 6.96. The molecule has 3 rings (SSSR count). The van der Waals surface area contributed by atoms with Gasteiger partial charge in [-0.05, 0) is 43.0 Å². The molecule has 0 radical (unpaired) electrons. The summed E-state index contributed by atoms with van der Waals surface area (Å²) in [4.78, 5) is 41.7. The second kappa shape index (κ2) is 14.4. The predicted molar refractivity (Wildman–Crippen MR) is 156 cm³/mol. The van der Waals surface area contributed by atoms with E-state index in [1.807, 2.05) is 6.92 Å². The van der Waals surface area contributed by atoms with Gasteiger partial charge in [-0.15, -0.1) is 11.8 Å². The van der Waals surface area contributed by atoms with E-state index in [9.17, 15) is 27.9 Å². The maximum absolute atomic E-state index is 13.4. The van der Waals surface area contributed by atoms with E-state index in [2.05, 4.69) is 10.3 Å². The molecule has 0 saturated carbocycles. The molecule has 1 fully saturated rings. The van der Waals surface area contributed by atoms with E-state index in [4.69, 9.17) is 5.73 Å². The SMILES string of the molecule is CCC1SC[C@@H](C(=O)NC(Cc2ccc(CC(=O)CCCN=C(C)N)cc2)C(=O)O)N1S(=O)(=O)c1ccccc1. The van der Waals surface area contributed by atoms with Crippen molar-refractivity contribution < 1.29 is 27.9 Å². The fraction of sp³-hybridized carbons (Fsp3) is 0.429. The average Bonchev–Trinajstić information content (AvgIpc) is 3.37. The van der Waals surface area contributed by atoms with Gasteiger partial charge in [-0.2, -0.15) is 4.31 Å². The van der Waals surface area contributed by atoms with Gasteiger partial charge in [0.25, 0.3) is 0 Å². The molecule has 0 aromatic heterocycles. The number of hydrogen-bond acceptors (Lipinski definition) is 7. The number of thioether (sulfide) groups is 1. The number of aliphatic carboxylic acids is 1. The molecule has 1 amide bonds. The average molecular weight is 589 g/mol. The maximum atomic E-state index is 13.4. The number of rotatable bonds is 14. The van der Waals surface area contributed by atoms with Gasteiger partial charge in [0.05, 0.1) is 16.1 Å². The van der Waals surface area contributed by atoms with Crippen molar-refractivity contribution in [1.82, 2.24) is 9.62 Å². The van der Waals surface area contributed by atoms with Gasteiger partial charge >= 0.3 is 5.97 Å². The Bertz CT molecular complexity index is 1310. The summed E-state index contributed by atoms with van der Waals surface area (Å²) in [7, 11) is -3.97. The topological polar surface area (TPSA) is 159 Å².